The van der Waals surface area contributed by atoms with Gasteiger partial charge in [0.25, 0.3) is 0 Å². The fourth-order valence-electron chi connectivity index (χ4n) is 0.242. The summed E-state index contributed by atoms with van der Waals surface area (Å²) in [6.45, 7) is -0.466. The first-order chi connectivity index (χ1) is 6.16. The molecule has 10 nitrogen and oxygen atoms in total. The highest BCUT2D eigenvalue weighted by molar-refractivity contribution is 7.45. The number of aliphatic hydroxyl groups excluding tert-OH is 1. The number of aliphatic hydroxyl groups is 1. The molecule has 0 aliphatic rings. The molecule has 0 fully saturated rings. The molecule has 0 heterocycles. The second kappa shape index (κ2) is 7.24. The number of phosphoric acid groups is 1. The summed E-state index contributed by atoms with van der Waals surface area (Å²) in [5.41, 5.74) is 9.59. The van der Waals surface area contributed by atoms with Gasteiger partial charge in [-0.1, -0.05) is 0 Å². The van der Waals surface area contributed by atoms with Crippen LogP contribution in [0.1, 0.15) is 0 Å². The minimum absolute atomic E-state index is 0.190. The van der Waals surface area contributed by atoms with Crippen LogP contribution in [0, 0.1) is 0 Å². The lowest BCUT2D eigenvalue weighted by Crippen LogP contribution is -2.40. The largest absolute Gasteiger partial charge is 0.466 e. The molecule has 0 radical (unpaired) electrons. The first-order valence-corrected chi connectivity index (χ1v) is 4.49. The number of primary amides is 1. The standard InChI is InChI=1S/C3H8N4O2.H3O4P/c4-2(6-1-8)7-3(5)9;1-5(2,3)4/h8H,1H2,(H5,4,5,6,7,9);(H3,1,2,3,4). The van der Waals surface area contributed by atoms with E-state index in [2.05, 4.69) is 10.7 Å². The van der Waals surface area contributed by atoms with Crippen LogP contribution < -0.4 is 16.8 Å². The molecule has 0 aliphatic heterocycles. The maximum Gasteiger partial charge on any atom is 0.466 e. The molecule has 84 valence electrons. The van der Waals surface area contributed by atoms with Crippen LogP contribution in [0.15, 0.2) is 4.99 Å². The number of rotatable bonds is 1. The van der Waals surface area contributed by atoms with Gasteiger partial charge in [-0.15, -0.1) is 0 Å². The quantitative estimate of drug-likeness (QED) is 0.141. The zero-order valence-corrected chi connectivity index (χ0v) is 7.76. The van der Waals surface area contributed by atoms with Crippen LogP contribution in [0.5, 0.6) is 0 Å². The summed E-state index contributed by atoms with van der Waals surface area (Å²) in [4.78, 5) is 34.7. The van der Waals surface area contributed by atoms with Gasteiger partial charge >= 0.3 is 13.9 Å². The number of amides is 2. The molecule has 0 saturated heterocycles. The SMILES string of the molecule is NC(=O)NC(N)=NCO.O=P(O)(O)O. The van der Waals surface area contributed by atoms with Gasteiger partial charge in [-0.2, -0.15) is 0 Å². The molecule has 14 heavy (non-hydrogen) atoms. The molecule has 11 heteroatoms. The van der Waals surface area contributed by atoms with E-state index in [0.717, 1.165) is 0 Å². The van der Waals surface area contributed by atoms with Crippen molar-refractivity contribution in [3.8, 4) is 0 Å². The van der Waals surface area contributed by atoms with Gasteiger partial charge in [0.2, 0.25) is 0 Å². The van der Waals surface area contributed by atoms with Crippen molar-refractivity contribution in [1.29, 1.82) is 0 Å². The highest BCUT2D eigenvalue weighted by atomic mass is 31.2. The van der Waals surface area contributed by atoms with E-state index in [1.165, 1.54) is 0 Å². The predicted octanol–water partition coefficient (Wildman–Crippen LogP) is -3.01. The second-order valence-corrected chi connectivity index (χ2v) is 2.71. The number of guanidine groups is 1. The molecule has 0 rings (SSSR count). The Hall–Kier alpha value is -1.19. The average Bonchev–Trinajstić information content (AvgIpc) is 1.80. The van der Waals surface area contributed by atoms with Crippen LogP contribution in [-0.4, -0.2) is 38.5 Å². The van der Waals surface area contributed by atoms with Crippen molar-refractivity contribution >= 4 is 19.8 Å². The van der Waals surface area contributed by atoms with E-state index < -0.39 is 20.6 Å². The molecule has 0 saturated carbocycles. The normalized spacial score (nSPS) is 11.3. The Bertz CT molecular complexity index is 239. The molecule has 0 aromatic rings. The van der Waals surface area contributed by atoms with Gasteiger partial charge in [0.15, 0.2) is 5.96 Å². The van der Waals surface area contributed by atoms with Gasteiger partial charge in [-0.3, -0.25) is 5.32 Å². The zero-order valence-electron chi connectivity index (χ0n) is 6.86. The van der Waals surface area contributed by atoms with E-state index >= 15 is 0 Å². The van der Waals surface area contributed by atoms with Gasteiger partial charge < -0.3 is 31.3 Å². The lowest BCUT2D eigenvalue weighted by atomic mass is 10.9. The van der Waals surface area contributed by atoms with Crippen molar-refractivity contribution in [2.75, 3.05) is 6.73 Å². The summed E-state index contributed by atoms with van der Waals surface area (Å²) >= 11 is 0. The van der Waals surface area contributed by atoms with Crippen LogP contribution in [0.3, 0.4) is 0 Å². The molecule has 0 aliphatic carbocycles. The van der Waals surface area contributed by atoms with Crippen LogP contribution in [-0.2, 0) is 4.57 Å². The number of nitrogens with zero attached hydrogens (tertiary/aromatic N) is 1. The lowest BCUT2D eigenvalue weighted by molar-refractivity contribution is 0.252. The summed E-state index contributed by atoms with van der Waals surface area (Å²) in [5.74, 6) is -0.190. The third-order valence-corrected chi connectivity index (χ3v) is 0.492. The highest BCUT2D eigenvalue weighted by Gasteiger charge is 2.00. The predicted molar refractivity (Wildman–Crippen MR) is 45.7 cm³/mol. The molecule has 0 unspecified atom stereocenters. The molecule has 9 N–H and O–H groups in total. The molecular weight excluding hydrogens is 219 g/mol. The van der Waals surface area contributed by atoms with Gasteiger partial charge in [-0.05, 0) is 0 Å². The summed E-state index contributed by atoms with van der Waals surface area (Å²) in [6.07, 6.45) is 0. The highest BCUT2D eigenvalue weighted by Crippen LogP contribution is 2.25. The third kappa shape index (κ3) is 30.8. The van der Waals surface area contributed by atoms with E-state index in [-0.39, 0.29) is 5.96 Å². The summed E-state index contributed by atoms with van der Waals surface area (Å²) in [6, 6.07) is -0.801. The fraction of sp³-hybridized carbons (Fsp3) is 0.333. The average molecular weight is 230 g/mol. The van der Waals surface area contributed by atoms with Gasteiger partial charge in [-0.25, -0.2) is 14.4 Å². The molecule has 0 atom stereocenters. The Morgan fingerprint density at radius 2 is 1.71 bits per heavy atom. The number of carbonyl (C=O) groups excluding carboxylic acids is 1. The topological polar surface area (TPSA) is 191 Å². The monoisotopic (exact) mass is 230 g/mol. The zero-order chi connectivity index (χ0) is 11.8. The number of aliphatic imine (C=N–C) groups is 1. The Labute approximate surface area is 78.5 Å². The van der Waals surface area contributed by atoms with Crippen molar-refractivity contribution in [2.24, 2.45) is 16.5 Å². The molecule has 0 spiro atoms. The first-order valence-electron chi connectivity index (χ1n) is 2.92. The molecule has 0 aromatic heterocycles. The fourth-order valence-corrected chi connectivity index (χ4v) is 0.242. The van der Waals surface area contributed by atoms with E-state index in [4.69, 9.17) is 30.1 Å². The van der Waals surface area contributed by atoms with Crippen LogP contribution in [0.4, 0.5) is 4.79 Å². The molecule has 0 aromatic carbocycles. The lowest BCUT2D eigenvalue weighted by Gasteiger charge is -1.96. The van der Waals surface area contributed by atoms with Gasteiger partial charge in [0.05, 0.1) is 0 Å². The molecule has 2 amide bonds. The van der Waals surface area contributed by atoms with Gasteiger partial charge in [0.1, 0.15) is 6.73 Å². The second-order valence-electron chi connectivity index (χ2n) is 1.69. The minimum atomic E-state index is -4.64. The Kier molecular flexibility index (Phi) is 7.90. The van der Waals surface area contributed by atoms with Crippen LogP contribution >= 0.6 is 7.82 Å². The van der Waals surface area contributed by atoms with E-state index in [9.17, 15) is 4.79 Å². The summed E-state index contributed by atoms with van der Waals surface area (Å²) < 4.78 is 8.88. The smallest absolute Gasteiger partial charge is 0.374 e. The Morgan fingerprint density at radius 1 is 1.36 bits per heavy atom. The number of hydrogen-bond donors (Lipinski definition) is 7. The van der Waals surface area contributed by atoms with E-state index in [1.54, 1.807) is 0 Å². The van der Waals surface area contributed by atoms with Crippen LogP contribution in [0.25, 0.3) is 0 Å². The maximum atomic E-state index is 9.95. The van der Waals surface area contributed by atoms with Crippen molar-refractivity contribution in [2.45, 2.75) is 0 Å². The molecular formula is C3H11N4O6P. The Balaban J connectivity index is 0. The van der Waals surface area contributed by atoms with E-state index in [1.807, 2.05) is 5.32 Å². The number of carbonyl (C=O) groups is 1. The van der Waals surface area contributed by atoms with Crippen molar-refractivity contribution in [1.82, 2.24) is 5.32 Å². The summed E-state index contributed by atoms with van der Waals surface area (Å²) in [7, 11) is -4.64. The number of urea groups is 1. The van der Waals surface area contributed by atoms with Crippen LogP contribution in [0.2, 0.25) is 0 Å². The first kappa shape index (κ1) is 15.3. The molecule has 0 bridgehead atoms. The van der Waals surface area contributed by atoms with Crippen molar-refractivity contribution in [3.05, 3.63) is 0 Å². The summed E-state index contributed by atoms with van der Waals surface area (Å²) in [5, 5.41) is 10.0. The number of nitrogens with two attached hydrogens (primary N) is 2. The third-order valence-electron chi connectivity index (χ3n) is 0.492. The van der Waals surface area contributed by atoms with E-state index in [0.29, 0.717) is 0 Å². The maximum absolute atomic E-state index is 9.95. The minimum Gasteiger partial charge on any atom is -0.374 e. The Morgan fingerprint density at radius 3 is 1.93 bits per heavy atom. The van der Waals surface area contributed by atoms with Gasteiger partial charge in [0, 0.05) is 0 Å². The van der Waals surface area contributed by atoms with Crippen molar-refractivity contribution < 1.29 is 29.1 Å². The van der Waals surface area contributed by atoms with Crippen molar-refractivity contribution in [3.63, 3.8) is 0 Å². The number of hydrogen-bond acceptors (Lipinski definition) is 4. The number of nitrogens with one attached hydrogen (secondary N) is 1.